The van der Waals surface area contributed by atoms with E-state index in [0.717, 1.165) is 11.1 Å². The molecule has 1 heterocycles. The summed E-state index contributed by atoms with van der Waals surface area (Å²) in [6, 6.07) is 25.2. The van der Waals surface area contributed by atoms with Crippen LogP contribution < -0.4 is 5.32 Å². The number of aliphatic hydroxyl groups excluding tert-OH is 1. The Morgan fingerprint density at radius 1 is 0.939 bits per heavy atom. The lowest BCUT2D eigenvalue weighted by atomic mass is 10.0. The average molecular weight is 444 g/mol. The molecule has 3 aromatic rings. The molecule has 1 fully saturated rings. The second-order valence-corrected chi connectivity index (χ2v) is 7.93. The molecule has 1 unspecified atom stereocenters. The van der Waals surface area contributed by atoms with E-state index in [2.05, 4.69) is 10.5 Å². The zero-order valence-corrected chi connectivity index (χ0v) is 18.0. The SMILES string of the molecule is O=C(NCC(O)c1ccccc1)[C@@H]1CC(=NO)CN1C(=O)c1ccc(-c2ccccc2)cc1. The summed E-state index contributed by atoms with van der Waals surface area (Å²) < 4.78 is 0. The lowest BCUT2D eigenvalue weighted by Gasteiger charge is -2.24. The number of nitrogens with zero attached hydrogens (tertiary/aromatic N) is 2. The number of benzene rings is 3. The van der Waals surface area contributed by atoms with E-state index >= 15 is 0 Å². The zero-order chi connectivity index (χ0) is 23.2. The van der Waals surface area contributed by atoms with Crippen LogP contribution in [0.4, 0.5) is 0 Å². The Kier molecular flexibility index (Phi) is 6.80. The maximum atomic E-state index is 13.2. The third-order valence-corrected chi connectivity index (χ3v) is 5.76. The highest BCUT2D eigenvalue weighted by molar-refractivity contribution is 6.05. The van der Waals surface area contributed by atoms with Crippen LogP contribution >= 0.6 is 0 Å². The van der Waals surface area contributed by atoms with Crippen molar-refractivity contribution in [2.75, 3.05) is 13.1 Å². The van der Waals surface area contributed by atoms with Crippen LogP contribution in [0.3, 0.4) is 0 Å². The lowest BCUT2D eigenvalue weighted by molar-refractivity contribution is -0.125. The highest BCUT2D eigenvalue weighted by atomic mass is 16.4. The van der Waals surface area contributed by atoms with Gasteiger partial charge in [-0.05, 0) is 28.8 Å². The van der Waals surface area contributed by atoms with Crippen molar-refractivity contribution < 1.29 is 19.9 Å². The highest BCUT2D eigenvalue weighted by Gasteiger charge is 2.38. The first-order valence-electron chi connectivity index (χ1n) is 10.7. The molecule has 0 aromatic heterocycles. The van der Waals surface area contributed by atoms with Crippen LogP contribution in [0.2, 0.25) is 0 Å². The fraction of sp³-hybridized carbons (Fsp3) is 0.192. The molecule has 3 aromatic carbocycles. The number of hydrogen-bond acceptors (Lipinski definition) is 5. The monoisotopic (exact) mass is 443 g/mol. The topological polar surface area (TPSA) is 102 Å². The first-order valence-corrected chi connectivity index (χ1v) is 10.7. The predicted molar refractivity (Wildman–Crippen MR) is 125 cm³/mol. The van der Waals surface area contributed by atoms with E-state index in [4.69, 9.17) is 0 Å². The fourth-order valence-electron chi connectivity index (χ4n) is 3.93. The Morgan fingerprint density at radius 3 is 2.18 bits per heavy atom. The van der Waals surface area contributed by atoms with E-state index in [0.29, 0.717) is 16.8 Å². The molecule has 1 aliphatic heterocycles. The van der Waals surface area contributed by atoms with Gasteiger partial charge >= 0.3 is 0 Å². The molecule has 7 nitrogen and oxygen atoms in total. The van der Waals surface area contributed by atoms with Crippen LogP contribution in [-0.2, 0) is 4.79 Å². The fourth-order valence-corrected chi connectivity index (χ4v) is 3.93. The van der Waals surface area contributed by atoms with Gasteiger partial charge in [0.05, 0.1) is 18.4 Å². The summed E-state index contributed by atoms with van der Waals surface area (Å²) in [5, 5.41) is 25.5. The molecule has 0 radical (unpaired) electrons. The van der Waals surface area contributed by atoms with Crippen molar-refractivity contribution in [1.82, 2.24) is 10.2 Å². The molecule has 2 amide bonds. The quantitative estimate of drug-likeness (QED) is 0.402. The molecule has 4 rings (SSSR count). The van der Waals surface area contributed by atoms with E-state index < -0.39 is 18.1 Å². The van der Waals surface area contributed by atoms with Crippen LogP contribution in [0.1, 0.15) is 28.4 Å². The molecule has 2 atom stereocenters. The summed E-state index contributed by atoms with van der Waals surface area (Å²) in [5.41, 5.74) is 3.51. The molecular formula is C26H25N3O4. The maximum absolute atomic E-state index is 13.2. The number of carbonyl (C=O) groups is 2. The van der Waals surface area contributed by atoms with Gasteiger partial charge in [-0.25, -0.2) is 0 Å². The minimum absolute atomic E-state index is 0.0126. The Hall–Kier alpha value is -3.97. The van der Waals surface area contributed by atoms with Gasteiger partial charge in [-0.15, -0.1) is 0 Å². The standard InChI is InChI=1S/C26H25N3O4/c30-24(20-9-5-2-6-10-20)16-27-25(31)23-15-22(28-33)17-29(23)26(32)21-13-11-19(12-14-21)18-7-3-1-4-8-18/h1-14,23-24,30,33H,15-17H2,(H,27,31)/t23-,24?/m0/s1. The van der Waals surface area contributed by atoms with Gasteiger partial charge in [-0.2, -0.15) is 0 Å². The number of nitrogens with one attached hydrogen (secondary N) is 1. The highest BCUT2D eigenvalue weighted by Crippen LogP contribution is 2.23. The van der Waals surface area contributed by atoms with Crippen LogP contribution in [0, 0.1) is 0 Å². The Bertz CT molecular complexity index is 1130. The summed E-state index contributed by atoms with van der Waals surface area (Å²) in [6.07, 6.45) is -0.727. The van der Waals surface area contributed by atoms with Crippen molar-refractivity contribution in [2.45, 2.75) is 18.6 Å². The van der Waals surface area contributed by atoms with E-state index in [-0.39, 0.29) is 25.4 Å². The molecule has 33 heavy (non-hydrogen) atoms. The molecule has 0 spiro atoms. The number of amides is 2. The summed E-state index contributed by atoms with van der Waals surface area (Å²) in [6.45, 7) is 0.0772. The van der Waals surface area contributed by atoms with Gasteiger partial charge in [0.15, 0.2) is 0 Å². The minimum Gasteiger partial charge on any atom is -0.411 e. The third-order valence-electron chi connectivity index (χ3n) is 5.76. The third kappa shape index (κ3) is 5.10. The largest absolute Gasteiger partial charge is 0.411 e. The second-order valence-electron chi connectivity index (χ2n) is 7.93. The number of aliphatic hydroxyl groups is 1. The van der Waals surface area contributed by atoms with Crippen molar-refractivity contribution in [2.24, 2.45) is 5.16 Å². The molecule has 168 valence electrons. The van der Waals surface area contributed by atoms with Crippen molar-refractivity contribution in [3.63, 3.8) is 0 Å². The van der Waals surface area contributed by atoms with Crippen LogP contribution in [-0.4, -0.2) is 51.9 Å². The van der Waals surface area contributed by atoms with Crippen LogP contribution in [0.5, 0.6) is 0 Å². The van der Waals surface area contributed by atoms with Gasteiger partial charge in [0.25, 0.3) is 5.91 Å². The van der Waals surface area contributed by atoms with Crippen molar-refractivity contribution >= 4 is 17.5 Å². The molecule has 0 saturated carbocycles. The Morgan fingerprint density at radius 2 is 1.55 bits per heavy atom. The average Bonchev–Trinajstić information content (AvgIpc) is 3.32. The Labute approximate surface area is 192 Å². The van der Waals surface area contributed by atoms with Gasteiger partial charge in [0.1, 0.15) is 6.04 Å². The normalized spacial score (nSPS) is 17.7. The molecule has 3 N–H and O–H groups in total. The first kappa shape index (κ1) is 22.2. The molecule has 0 aliphatic carbocycles. The lowest BCUT2D eigenvalue weighted by Crippen LogP contribution is -2.46. The summed E-state index contributed by atoms with van der Waals surface area (Å²) >= 11 is 0. The van der Waals surface area contributed by atoms with E-state index in [1.54, 1.807) is 24.3 Å². The smallest absolute Gasteiger partial charge is 0.254 e. The number of rotatable bonds is 6. The van der Waals surface area contributed by atoms with Crippen molar-refractivity contribution in [3.05, 3.63) is 96.1 Å². The van der Waals surface area contributed by atoms with Gasteiger partial charge in [-0.1, -0.05) is 78.0 Å². The van der Waals surface area contributed by atoms with Crippen LogP contribution in [0.25, 0.3) is 11.1 Å². The number of oxime groups is 1. The van der Waals surface area contributed by atoms with Gasteiger partial charge in [0, 0.05) is 18.5 Å². The minimum atomic E-state index is -0.864. The molecule has 7 heteroatoms. The van der Waals surface area contributed by atoms with Crippen molar-refractivity contribution in [3.8, 4) is 11.1 Å². The van der Waals surface area contributed by atoms with E-state index in [9.17, 15) is 19.9 Å². The van der Waals surface area contributed by atoms with E-state index in [1.165, 1.54) is 4.90 Å². The van der Waals surface area contributed by atoms with Crippen molar-refractivity contribution in [1.29, 1.82) is 0 Å². The van der Waals surface area contributed by atoms with E-state index in [1.807, 2.05) is 60.7 Å². The summed E-state index contributed by atoms with van der Waals surface area (Å²) in [5.74, 6) is -0.727. The molecule has 1 saturated heterocycles. The molecule has 1 aliphatic rings. The Balaban J connectivity index is 1.46. The number of carbonyl (C=O) groups excluding carboxylic acids is 2. The predicted octanol–water partition coefficient (Wildman–Crippen LogP) is 3.25. The summed E-state index contributed by atoms with van der Waals surface area (Å²) in [4.78, 5) is 27.5. The van der Waals surface area contributed by atoms with Gasteiger partial charge in [0.2, 0.25) is 5.91 Å². The molecule has 0 bridgehead atoms. The molecular weight excluding hydrogens is 418 g/mol. The van der Waals surface area contributed by atoms with Crippen LogP contribution in [0.15, 0.2) is 90.1 Å². The number of hydrogen-bond donors (Lipinski definition) is 3. The van der Waals surface area contributed by atoms with Gasteiger partial charge < -0.3 is 20.5 Å². The zero-order valence-electron chi connectivity index (χ0n) is 18.0. The number of likely N-dealkylation sites (tertiary alicyclic amines) is 1. The second kappa shape index (κ2) is 10.1. The summed E-state index contributed by atoms with van der Waals surface area (Å²) in [7, 11) is 0. The maximum Gasteiger partial charge on any atom is 0.254 e. The van der Waals surface area contributed by atoms with Gasteiger partial charge in [-0.3, -0.25) is 9.59 Å². The first-order chi connectivity index (χ1) is 16.1.